The van der Waals surface area contributed by atoms with Gasteiger partial charge in [-0.05, 0) is 30.4 Å². The van der Waals surface area contributed by atoms with E-state index in [9.17, 15) is 14.0 Å². The van der Waals surface area contributed by atoms with Gasteiger partial charge in [-0.25, -0.2) is 4.39 Å². The van der Waals surface area contributed by atoms with Crippen molar-refractivity contribution in [2.24, 2.45) is 11.8 Å². The molecule has 0 radical (unpaired) electrons. The number of likely N-dealkylation sites (tertiary alicyclic amines) is 2. The van der Waals surface area contributed by atoms with Crippen molar-refractivity contribution < 1.29 is 14.0 Å². The van der Waals surface area contributed by atoms with Crippen molar-refractivity contribution in [1.82, 2.24) is 25.4 Å². The molecule has 26 heavy (non-hydrogen) atoms. The van der Waals surface area contributed by atoms with Crippen LogP contribution in [0.15, 0.2) is 24.5 Å². The predicted molar refractivity (Wildman–Crippen MR) is 92.7 cm³/mol. The number of hydrogen-bond acceptors (Lipinski definition) is 5. The van der Waals surface area contributed by atoms with Gasteiger partial charge in [-0.15, -0.1) is 0 Å². The molecule has 7 nitrogen and oxygen atoms in total. The Bertz CT molecular complexity index is 673. The quantitative estimate of drug-likeness (QED) is 0.805. The van der Waals surface area contributed by atoms with Gasteiger partial charge in [0.15, 0.2) is 6.17 Å². The lowest BCUT2D eigenvalue weighted by Gasteiger charge is -2.38. The van der Waals surface area contributed by atoms with Gasteiger partial charge in [-0.2, -0.15) is 0 Å². The molecule has 2 N–H and O–H groups in total. The number of pyridine rings is 1. The van der Waals surface area contributed by atoms with Crippen molar-refractivity contribution in [1.29, 1.82) is 0 Å². The van der Waals surface area contributed by atoms with E-state index < -0.39 is 18.1 Å². The molecule has 0 aromatic carbocycles. The van der Waals surface area contributed by atoms with Crippen LogP contribution in [-0.4, -0.2) is 71.3 Å². The van der Waals surface area contributed by atoms with Crippen LogP contribution in [0.25, 0.3) is 0 Å². The zero-order chi connectivity index (χ0) is 18.3. The number of nitrogens with one attached hydrogen (secondary N) is 2. The molecule has 3 fully saturated rings. The first-order valence-electron chi connectivity index (χ1n) is 9.20. The summed E-state index contributed by atoms with van der Waals surface area (Å²) in [5.41, 5.74) is 0.616. The second-order valence-electron chi connectivity index (χ2n) is 7.42. The van der Waals surface area contributed by atoms with Crippen molar-refractivity contribution in [3.8, 4) is 0 Å². The molecule has 3 aliphatic heterocycles. The summed E-state index contributed by atoms with van der Waals surface area (Å²) < 4.78 is 13.9. The van der Waals surface area contributed by atoms with Crippen LogP contribution in [0.2, 0.25) is 0 Å². The van der Waals surface area contributed by atoms with Crippen LogP contribution in [-0.2, 0) is 4.79 Å². The van der Waals surface area contributed by atoms with Gasteiger partial charge in [-0.3, -0.25) is 24.8 Å². The maximum atomic E-state index is 13.9. The van der Waals surface area contributed by atoms with Gasteiger partial charge >= 0.3 is 0 Å². The first-order valence-corrected chi connectivity index (χ1v) is 9.20. The molecule has 0 aliphatic carbocycles. The summed E-state index contributed by atoms with van der Waals surface area (Å²) in [6.07, 6.45) is 2.00. The molecule has 2 amide bonds. The zero-order valence-corrected chi connectivity index (χ0v) is 14.8. The molecule has 3 saturated heterocycles. The van der Waals surface area contributed by atoms with E-state index in [-0.39, 0.29) is 12.2 Å². The highest BCUT2D eigenvalue weighted by Gasteiger charge is 2.46. The number of amides is 2. The molecule has 1 aromatic rings. The Balaban J connectivity index is 1.36. The molecule has 4 heterocycles. The van der Waals surface area contributed by atoms with Crippen molar-refractivity contribution in [3.05, 3.63) is 30.1 Å². The Morgan fingerprint density at radius 1 is 1.31 bits per heavy atom. The van der Waals surface area contributed by atoms with Crippen LogP contribution in [0, 0.1) is 11.8 Å². The number of carbonyl (C=O) groups excluding carboxylic acids is 2. The topological polar surface area (TPSA) is 77.6 Å². The standard InChI is InChI=1S/C18H24FN5O2/c1-2-14-15(19)16(25)22-18(21-14)24-9-12-7-23(8-13(12)10-24)17(26)11-4-3-5-20-6-11/h3-6,12-15,18,21H,2,7-10H2,1H3,(H,22,25). The normalized spacial score (nSPS) is 34.6. The van der Waals surface area contributed by atoms with Gasteiger partial charge in [0.2, 0.25) is 0 Å². The average Bonchev–Trinajstić information content (AvgIpc) is 3.23. The molecular weight excluding hydrogens is 337 g/mol. The smallest absolute Gasteiger partial charge is 0.258 e. The van der Waals surface area contributed by atoms with E-state index in [4.69, 9.17) is 0 Å². The molecule has 1 aromatic heterocycles. The van der Waals surface area contributed by atoms with Crippen molar-refractivity contribution in [2.45, 2.75) is 31.8 Å². The summed E-state index contributed by atoms with van der Waals surface area (Å²) in [6.45, 7) is 4.86. The Hall–Kier alpha value is -2.06. The molecule has 5 unspecified atom stereocenters. The summed E-state index contributed by atoms with van der Waals surface area (Å²) in [6, 6.07) is 3.11. The van der Waals surface area contributed by atoms with Crippen LogP contribution in [0.3, 0.4) is 0 Å². The second-order valence-corrected chi connectivity index (χ2v) is 7.42. The van der Waals surface area contributed by atoms with E-state index in [1.165, 1.54) is 0 Å². The van der Waals surface area contributed by atoms with Gasteiger partial charge in [0.25, 0.3) is 11.8 Å². The first-order chi connectivity index (χ1) is 12.6. The molecule has 5 atom stereocenters. The molecule has 140 valence electrons. The second kappa shape index (κ2) is 6.92. The highest BCUT2D eigenvalue weighted by molar-refractivity contribution is 5.94. The largest absolute Gasteiger partial charge is 0.338 e. The van der Waals surface area contributed by atoms with E-state index >= 15 is 0 Å². The number of aromatic nitrogens is 1. The number of halogens is 1. The maximum absolute atomic E-state index is 13.9. The Morgan fingerprint density at radius 2 is 2.04 bits per heavy atom. The van der Waals surface area contributed by atoms with Crippen LogP contribution in [0.1, 0.15) is 23.7 Å². The average molecular weight is 361 g/mol. The minimum atomic E-state index is -1.49. The fourth-order valence-corrected chi connectivity index (χ4v) is 4.33. The lowest BCUT2D eigenvalue weighted by Crippen LogP contribution is -2.67. The molecule has 0 saturated carbocycles. The van der Waals surface area contributed by atoms with Crippen LogP contribution in [0.4, 0.5) is 4.39 Å². The van der Waals surface area contributed by atoms with E-state index in [0.29, 0.717) is 36.9 Å². The van der Waals surface area contributed by atoms with Gasteiger partial charge in [0, 0.05) is 38.6 Å². The summed E-state index contributed by atoms with van der Waals surface area (Å²) in [7, 11) is 0. The first kappa shape index (κ1) is 17.4. The third-order valence-corrected chi connectivity index (χ3v) is 5.77. The fraction of sp³-hybridized carbons (Fsp3) is 0.611. The van der Waals surface area contributed by atoms with Gasteiger partial charge < -0.3 is 10.2 Å². The highest BCUT2D eigenvalue weighted by atomic mass is 19.1. The summed E-state index contributed by atoms with van der Waals surface area (Å²) in [5, 5.41) is 5.94. The fourth-order valence-electron chi connectivity index (χ4n) is 4.33. The zero-order valence-electron chi connectivity index (χ0n) is 14.8. The van der Waals surface area contributed by atoms with E-state index in [2.05, 4.69) is 20.5 Å². The summed E-state index contributed by atoms with van der Waals surface area (Å²) in [4.78, 5) is 32.5. The number of fused-ring (bicyclic) bond motifs is 1. The molecule has 0 spiro atoms. The SMILES string of the molecule is CCC1NC(N2CC3CN(C(=O)c4cccnc4)CC3C2)NC(=O)C1F. The van der Waals surface area contributed by atoms with Crippen molar-refractivity contribution in [2.75, 3.05) is 26.2 Å². The predicted octanol–water partition coefficient (Wildman–Crippen LogP) is 0.205. The Labute approximate surface area is 151 Å². The van der Waals surface area contributed by atoms with Crippen molar-refractivity contribution in [3.63, 3.8) is 0 Å². The summed E-state index contributed by atoms with van der Waals surface area (Å²) in [5.74, 6) is 0.232. The van der Waals surface area contributed by atoms with E-state index in [0.717, 1.165) is 13.1 Å². The highest BCUT2D eigenvalue weighted by Crippen LogP contribution is 2.32. The van der Waals surface area contributed by atoms with Gasteiger partial charge in [0.1, 0.15) is 6.29 Å². The Morgan fingerprint density at radius 3 is 2.65 bits per heavy atom. The van der Waals surface area contributed by atoms with Crippen LogP contribution >= 0.6 is 0 Å². The number of carbonyl (C=O) groups is 2. The molecule has 0 bridgehead atoms. The maximum Gasteiger partial charge on any atom is 0.258 e. The minimum absolute atomic E-state index is 0.0227. The van der Waals surface area contributed by atoms with E-state index in [1.54, 1.807) is 24.5 Å². The minimum Gasteiger partial charge on any atom is -0.338 e. The third kappa shape index (κ3) is 3.07. The van der Waals surface area contributed by atoms with Crippen LogP contribution in [0.5, 0.6) is 0 Å². The third-order valence-electron chi connectivity index (χ3n) is 5.77. The van der Waals surface area contributed by atoms with E-state index in [1.807, 2.05) is 11.8 Å². The number of alkyl halides is 1. The number of hydrogen-bond donors (Lipinski definition) is 2. The van der Waals surface area contributed by atoms with Gasteiger partial charge in [0.05, 0.1) is 11.6 Å². The summed E-state index contributed by atoms with van der Waals surface area (Å²) >= 11 is 0. The lowest BCUT2D eigenvalue weighted by atomic mass is 10.0. The monoisotopic (exact) mass is 361 g/mol. The Kier molecular flexibility index (Phi) is 4.62. The molecule has 4 rings (SSSR count). The molecule has 8 heteroatoms. The lowest BCUT2D eigenvalue weighted by molar-refractivity contribution is -0.133. The van der Waals surface area contributed by atoms with Crippen molar-refractivity contribution >= 4 is 11.8 Å². The van der Waals surface area contributed by atoms with Gasteiger partial charge in [-0.1, -0.05) is 6.92 Å². The molecule has 3 aliphatic rings. The van der Waals surface area contributed by atoms with Crippen LogP contribution < -0.4 is 10.6 Å². The molecular formula is C18H24FN5O2. The number of rotatable bonds is 3. The number of nitrogens with zero attached hydrogens (tertiary/aromatic N) is 3.